The van der Waals surface area contributed by atoms with Gasteiger partial charge in [0.1, 0.15) is 0 Å². The minimum atomic E-state index is 0.559. The van der Waals surface area contributed by atoms with Gasteiger partial charge in [0.25, 0.3) is 0 Å². The first-order valence-corrected chi connectivity index (χ1v) is 8.04. The van der Waals surface area contributed by atoms with Crippen molar-refractivity contribution in [3.05, 3.63) is 83.1 Å². The van der Waals surface area contributed by atoms with Crippen LogP contribution in [0.3, 0.4) is 0 Å². The van der Waals surface area contributed by atoms with Crippen molar-refractivity contribution in [1.29, 1.82) is 0 Å². The maximum atomic E-state index is 4.96. The molecule has 0 radical (unpaired) electrons. The predicted octanol–water partition coefficient (Wildman–Crippen LogP) is 5.11. The fraction of sp³-hybridized carbons (Fsp3) is 0.273. The maximum absolute atomic E-state index is 4.96. The van der Waals surface area contributed by atoms with Crippen LogP contribution in [0, 0.1) is 11.8 Å². The van der Waals surface area contributed by atoms with E-state index in [1.165, 1.54) is 16.7 Å². The van der Waals surface area contributed by atoms with Gasteiger partial charge in [-0.15, -0.1) is 0 Å². The van der Waals surface area contributed by atoms with Gasteiger partial charge in [0.2, 0.25) is 0 Å². The van der Waals surface area contributed by atoms with Crippen LogP contribution in [0.25, 0.3) is 0 Å². The summed E-state index contributed by atoms with van der Waals surface area (Å²) in [5, 5.41) is 0. The van der Waals surface area contributed by atoms with Crippen molar-refractivity contribution in [2.24, 2.45) is 0 Å². The Balaban J connectivity index is 2.05. The molecule has 2 aromatic rings. The van der Waals surface area contributed by atoms with Crippen LogP contribution in [0.5, 0.6) is 0 Å². The second-order valence-corrected chi connectivity index (χ2v) is 5.84. The number of ether oxygens (including phenoxy) is 1. The first-order chi connectivity index (χ1) is 11.2. The molecule has 0 unspecified atom stereocenters. The van der Waals surface area contributed by atoms with E-state index in [9.17, 15) is 0 Å². The third-order valence-corrected chi connectivity index (χ3v) is 3.78. The number of rotatable bonds is 5. The third kappa shape index (κ3) is 5.34. The van der Waals surface area contributed by atoms with Crippen LogP contribution in [0.15, 0.2) is 60.9 Å². The Morgan fingerprint density at radius 1 is 1.00 bits per heavy atom. The summed E-state index contributed by atoms with van der Waals surface area (Å²) >= 11 is 0. The third-order valence-electron chi connectivity index (χ3n) is 3.78. The van der Waals surface area contributed by atoms with Gasteiger partial charge in [-0.1, -0.05) is 62.1 Å². The Morgan fingerprint density at radius 3 is 2.35 bits per heavy atom. The Kier molecular flexibility index (Phi) is 6.51. The average Bonchev–Trinajstić information content (AvgIpc) is 2.57. The molecule has 0 saturated carbocycles. The van der Waals surface area contributed by atoms with Crippen LogP contribution in [0.4, 0.5) is 0 Å². The monoisotopic (exact) mass is 304 g/mol. The molecular weight excluding hydrogens is 280 g/mol. The molecule has 1 heteroatoms. The molecule has 2 aromatic carbocycles. The maximum Gasteiger partial charge on any atom is 0.0788 e. The van der Waals surface area contributed by atoms with E-state index in [1.54, 1.807) is 13.4 Å². The summed E-state index contributed by atoms with van der Waals surface area (Å²) in [6.45, 7) is 4.41. The standard InChI is InChI=1S/C22H24O/c1-18(2)20-15-13-19(14-16-20)8-6-11-21-9-4-5-10-22(21)12-7-17-23-3/h4-5,7,9-10,13-18H,11-12H2,1-3H3/b17-7+. The lowest BCUT2D eigenvalue weighted by atomic mass is 10.0. The second kappa shape index (κ2) is 8.86. The lowest BCUT2D eigenvalue weighted by Gasteiger charge is -2.04. The van der Waals surface area contributed by atoms with Crippen molar-refractivity contribution in [3.63, 3.8) is 0 Å². The lowest BCUT2D eigenvalue weighted by molar-refractivity contribution is 0.337. The molecule has 0 spiro atoms. The van der Waals surface area contributed by atoms with Crippen LogP contribution in [0.1, 0.15) is 42.0 Å². The highest BCUT2D eigenvalue weighted by Gasteiger charge is 1.99. The fourth-order valence-corrected chi connectivity index (χ4v) is 2.39. The van der Waals surface area contributed by atoms with Gasteiger partial charge in [0.15, 0.2) is 0 Å². The molecule has 0 N–H and O–H groups in total. The van der Waals surface area contributed by atoms with Crippen LogP contribution >= 0.6 is 0 Å². The van der Waals surface area contributed by atoms with Crippen molar-refractivity contribution in [3.8, 4) is 11.8 Å². The van der Waals surface area contributed by atoms with Gasteiger partial charge < -0.3 is 4.74 Å². The van der Waals surface area contributed by atoms with E-state index in [-0.39, 0.29) is 0 Å². The summed E-state index contributed by atoms with van der Waals surface area (Å²) in [7, 11) is 1.67. The van der Waals surface area contributed by atoms with E-state index >= 15 is 0 Å². The normalized spacial score (nSPS) is 10.6. The van der Waals surface area contributed by atoms with Gasteiger partial charge in [-0.2, -0.15) is 0 Å². The van der Waals surface area contributed by atoms with E-state index in [0.717, 1.165) is 18.4 Å². The zero-order chi connectivity index (χ0) is 16.5. The molecule has 23 heavy (non-hydrogen) atoms. The van der Waals surface area contributed by atoms with Crippen molar-refractivity contribution >= 4 is 0 Å². The van der Waals surface area contributed by atoms with Gasteiger partial charge in [-0.25, -0.2) is 0 Å². The Hall–Kier alpha value is -2.46. The highest BCUT2D eigenvalue weighted by molar-refractivity contribution is 5.39. The van der Waals surface area contributed by atoms with Crippen LogP contribution < -0.4 is 0 Å². The summed E-state index contributed by atoms with van der Waals surface area (Å²) in [6.07, 6.45) is 5.38. The van der Waals surface area contributed by atoms with Crippen molar-refractivity contribution in [2.45, 2.75) is 32.6 Å². The van der Waals surface area contributed by atoms with Gasteiger partial charge in [-0.3, -0.25) is 0 Å². The largest absolute Gasteiger partial charge is 0.505 e. The molecule has 1 nitrogen and oxygen atoms in total. The second-order valence-electron chi connectivity index (χ2n) is 5.84. The first kappa shape index (κ1) is 16.9. The predicted molar refractivity (Wildman–Crippen MR) is 97.4 cm³/mol. The fourth-order valence-electron chi connectivity index (χ4n) is 2.39. The zero-order valence-corrected chi connectivity index (χ0v) is 14.2. The number of allylic oxidation sites excluding steroid dienone is 1. The van der Waals surface area contributed by atoms with E-state index < -0.39 is 0 Å². The highest BCUT2D eigenvalue weighted by Crippen LogP contribution is 2.14. The van der Waals surface area contributed by atoms with Crippen LogP contribution in [-0.4, -0.2) is 7.11 Å². The van der Waals surface area contributed by atoms with Crippen LogP contribution in [-0.2, 0) is 17.6 Å². The molecule has 0 bridgehead atoms. The summed E-state index contributed by atoms with van der Waals surface area (Å²) in [5.41, 5.74) is 5.00. The number of hydrogen-bond acceptors (Lipinski definition) is 1. The molecule has 0 saturated heterocycles. The summed E-state index contributed by atoms with van der Waals surface area (Å²) < 4.78 is 4.96. The summed E-state index contributed by atoms with van der Waals surface area (Å²) in [6, 6.07) is 17.0. The van der Waals surface area contributed by atoms with E-state index in [1.807, 2.05) is 6.08 Å². The quantitative estimate of drug-likeness (QED) is 0.551. The minimum absolute atomic E-state index is 0.559. The highest BCUT2D eigenvalue weighted by atomic mass is 16.5. The van der Waals surface area contributed by atoms with E-state index in [4.69, 9.17) is 4.74 Å². The molecule has 0 atom stereocenters. The van der Waals surface area contributed by atoms with E-state index in [0.29, 0.717) is 5.92 Å². The van der Waals surface area contributed by atoms with Crippen molar-refractivity contribution in [2.75, 3.05) is 7.11 Å². The first-order valence-electron chi connectivity index (χ1n) is 8.04. The molecule has 2 rings (SSSR count). The molecular formula is C22H24O. The SMILES string of the molecule is CO/C=C/Cc1ccccc1CC#Cc1ccc(C(C)C)cc1. The lowest BCUT2D eigenvalue weighted by Crippen LogP contribution is -1.91. The van der Waals surface area contributed by atoms with Gasteiger partial charge in [-0.05, 0) is 47.2 Å². The van der Waals surface area contributed by atoms with Gasteiger partial charge >= 0.3 is 0 Å². The Bertz CT molecular complexity index is 697. The molecule has 0 aromatic heterocycles. The summed E-state index contributed by atoms with van der Waals surface area (Å²) in [5.74, 6) is 7.11. The van der Waals surface area contributed by atoms with Crippen molar-refractivity contribution < 1.29 is 4.74 Å². The molecule has 0 aliphatic heterocycles. The van der Waals surface area contributed by atoms with E-state index in [2.05, 4.69) is 74.2 Å². The Morgan fingerprint density at radius 2 is 1.70 bits per heavy atom. The van der Waals surface area contributed by atoms with Gasteiger partial charge in [0, 0.05) is 12.0 Å². The zero-order valence-electron chi connectivity index (χ0n) is 14.2. The topological polar surface area (TPSA) is 9.23 Å². The number of benzene rings is 2. The average molecular weight is 304 g/mol. The minimum Gasteiger partial charge on any atom is -0.505 e. The molecule has 0 fully saturated rings. The molecule has 0 amide bonds. The van der Waals surface area contributed by atoms with Gasteiger partial charge in [0.05, 0.1) is 13.4 Å². The molecule has 0 aliphatic carbocycles. The van der Waals surface area contributed by atoms with Crippen LogP contribution in [0.2, 0.25) is 0 Å². The molecule has 0 heterocycles. The smallest absolute Gasteiger partial charge is 0.0788 e. The summed E-state index contributed by atoms with van der Waals surface area (Å²) in [4.78, 5) is 0. The molecule has 0 aliphatic rings. The Labute approximate surface area is 140 Å². The number of hydrogen-bond donors (Lipinski definition) is 0. The number of methoxy groups -OCH3 is 1. The van der Waals surface area contributed by atoms with Crippen molar-refractivity contribution in [1.82, 2.24) is 0 Å². The molecule has 118 valence electrons.